The molecule has 178 valence electrons. The number of hydrogen-bond acceptors (Lipinski definition) is 6. The van der Waals surface area contributed by atoms with Gasteiger partial charge in [-0.05, 0) is 56.3 Å². The van der Waals surface area contributed by atoms with Gasteiger partial charge in [0, 0.05) is 51.4 Å². The van der Waals surface area contributed by atoms with Gasteiger partial charge in [-0.25, -0.2) is 13.1 Å². The summed E-state index contributed by atoms with van der Waals surface area (Å²) >= 11 is 0. The number of hydrogen-bond donors (Lipinski definition) is 1. The van der Waals surface area contributed by atoms with Crippen LogP contribution < -0.4 is 9.46 Å². The Hall–Kier alpha value is -1.68. The van der Waals surface area contributed by atoms with E-state index in [0.717, 1.165) is 37.5 Å². The lowest BCUT2D eigenvalue weighted by molar-refractivity contribution is -0.137. The summed E-state index contributed by atoms with van der Waals surface area (Å²) in [5.41, 5.74) is 1.06. The molecule has 2 heterocycles. The average molecular weight is 466 g/mol. The second kappa shape index (κ2) is 10.1. The van der Waals surface area contributed by atoms with E-state index in [2.05, 4.69) is 16.7 Å². The molecule has 2 saturated heterocycles. The molecule has 0 spiro atoms. The Labute approximate surface area is 191 Å². The lowest BCUT2D eigenvalue weighted by Gasteiger charge is -2.35. The molecule has 0 aromatic heterocycles. The van der Waals surface area contributed by atoms with E-state index in [4.69, 9.17) is 9.47 Å². The van der Waals surface area contributed by atoms with Gasteiger partial charge >= 0.3 is 0 Å². The van der Waals surface area contributed by atoms with Gasteiger partial charge in [0.05, 0.1) is 12.4 Å². The summed E-state index contributed by atoms with van der Waals surface area (Å²) in [6.45, 7) is 4.14. The van der Waals surface area contributed by atoms with Crippen LogP contribution in [0.2, 0.25) is 0 Å². The summed E-state index contributed by atoms with van der Waals surface area (Å²) in [5, 5.41) is -0.414. The Morgan fingerprint density at radius 3 is 2.34 bits per heavy atom. The number of carbonyl (C=O) groups is 1. The number of amides is 1. The van der Waals surface area contributed by atoms with Gasteiger partial charge in [0.1, 0.15) is 5.75 Å². The second-order valence-electron chi connectivity index (χ2n) is 9.26. The Kier molecular flexibility index (Phi) is 7.39. The number of piperazine rings is 1. The molecule has 1 amide bonds. The summed E-state index contributed by atoms with van der Waals surface area (Å²) in [6, 6.07) is 7.58. The normalized spacial score (nSPS) is 28.1. The first-order valence-electron chi connectivity index (χ1n) is 11.6. The van der Waals surface area contributed by atoms with Crippen LogP contribution in [0.1, 0.15) is 37.2 Å². The molecule has 0 unspecified atom stereocenters. The minimum Gasteiger partial charge on any atom is -0.497 e. The highest BCUT2D eigenvalue weighted by Crippen LogP contribution is 2.42. The van der Waals surface area contributed by atoms with Gasteiger partial charge < -0.3 is 19.3 Å². The smallest absolute Gasteiger partial charge is 0.226 e. The van der Waals surface area contributed by atoms with Gasteiger partial charge in [0.15, 0.2) is 0 Å². The molecule has 1 N–H and O–H groups in total. The molecular formula is C23H35N3O5S. The Morgan fingerprint density at radius 1 is 1.06 bits per heavy atom. The molecule has 1 aliphatic carbocycles. The quantitative estimate of drug-likeness (QED) is 0.684. The minimum atomic E-state index is -3.45. The lowest BCUT2D eigenvalue weighted by atomic mass is 9.87. The van der Waals surface area contributed by atoms with E-state index in [-0.39, 0.29) is 23.8 Å². The lowest BCUT2D eigenvalue weighted by Crippen LogP contribution is -2.49. The number of carbonyl (C=O) groups excluding carboxylic acids is 1. The van der Waals surface area contributed by atoms with Gasteiger partial charge in [0.2, 0.25) is 15.9 Å². The van der Waals surface area contributed by atoms with Crippen LogP contribution in [0, 0.1) is 5.92 Å². The molecule has 1 aromatic rings. The molecule has 9 heteroatoms. The van der Waals surface area contributed by atoms with Crippen molar-refractivity contribution in [3.05, 3.63) is 29.8 Å². The van der Waals surface area contributed by atoms with Crippen molar-refractivity contribution in [1.82, 2.24) is 14.5 Å². The molecule has 0 radical (unpaired) electrons. The van der Waals surface area contributed by atoms with Crippen LogP contribution in [0.15, 0.2) is 24.3 Å². The van der Waals surface area contributed by atoms with Crippen LogP contribution >= 0.6 is 0 Å². The minimum absolute atomic E-state index is 0.0181. The Bertz CT molecular complexity index is 877. The average Bonchev–Trinajstić information content (AvgIpc) is 3.22. The van der Waals surface area contributed by atoms with Gasteiger partial charge in [-0.2, -0.15) is 0 Å². The zero-order valence-electron chi connectivity index (χ0n) is 19.0. The first kappa shape index (κ1) is 23.5. The van der Waals surface area contributed by atoms with E-state index in [1.807, 2.05) is 29.2 Å². The van der Waals surface area contributed by atoms with E-state index in [1.54, 1.807) is 7.11 Å². The maximum atomic E-state index is 13.5. The molecule has 3 aliphatic rings. The largest absolute Gasteiger partial charge is 0.497 e. The summed E-state index contributed by atoms with van der Waals surface area (Å²) in [5.74, 6) is 0.668. The van der Waals surface area contributed by atoms with Crippen molar-refractivity contribution < 1.29 is 22.7 Å². The molecule has 3 fully saturated rings. The molecule has 1 aromatic carbocycles. The van der Waals surface area contributed by atoms with Gasteiger partial charge in [-0.15, -0.1) is 0 Å². The zero-order chi connectivity index (χ0) is 22.7. The fourth-order valence-corrected chi connectivity index (χ4v) is 6.87. The van der Waals surface area contributed by atoms with Crippen molar-refractivity contribution in [1.29, 1.82) is 0 Å². The highest BCUT2D eigenvalue weighted by molar-refractivity contribution is 7.90. The fourth-order valence-electron chi connectivity index (χ4n) is 5.20. The number of methoxy groups -OCH3 is 1. The first-order chi connectivity index (χ1) is 15.4. The summed E-state index contributed by atoms with van der Waals surface area (Å²) in [7, 11) is 0.253. The molecule has 8 nitrogen and oxygen atoms in total. The third-order valence-corrected chi connectivity index (χ3v) is 9.19. The van der Waals surface area contributed by atoms with Crippen molar-refractivity contribution in [2.75, 3.05) is 53.6 Å². The van der Waals surface area contributed by atoms with Gasteiger partial charge in [0.25, 0.3) is 0 Å². The van der Waals surface area contributed by atoms with Crippen molar-refractivity contribution in [2.24, 2.45) is 5.92 Å². The van der Waals surface area contributed by atoms with Gasteiger partial charge in [-0.3, -0.25) is 4.79 Å². The molecular weight excluding hydrogens is 430 g/mol. The number of nitrogens with one attached hydrogen (secondary N) is 1. The number of ether oxygens (including phenoxy) is 2. The van der Waals surface area contributed by atoms with E-state index >= 15 is 0 Å². The fraction of sp³-hybridized carbons (Fsp3) is 0.696. The monoisotopic (exact) mass is 465 g/mol. The third kappa shape index (κ3) is 5.27. The van der Waals surface area contributed by atoms with Crippen LogP contribution in [-0.2, 0) is 19.6 Å². The van der Waals surface area contributed by atoms with Crippen molar-refractivity contribution in [3.63, 3.8) is 0 Å². The van der Waals surface area contributed by atoms with Crippen molar-refractivity contribution >= 4 is 15.9 Å². The predicted octanol–water partition coefficient (Wildman–Crippen LogP) is 1.43. The predicted molar refractivity (Wildman–Crippen MR) is 122 cm³/mol. The molecule has 4 rings (SSSR count). The number of rotatable bonds is 6. The van der Waals surface area contributed by atoms with E-state index in [1.165, 1.54) is 0 Å². The standard InChI is InChI=1S/C23H35N3O5S/c1-25-9-11-26(12-10-25)23(27)22-16-18(24-32(28,29)20-7-13-31-14-8-20)15-21(22)17-3-5-19(30-2)6-4-17/h3-6,18,20-22,24H,7-16H2,1-2H3/t18-,21+,22-/m0/s1. The van der Waals surface area contributed by atoms with E-state index in [9.17, 15) is 13.2 Å². The summed E-state index contributed by atoms with van der Waals surface area (Å²) in [6.07, 6.45) is 2.20. The molecule has 1 saturated carbocycles. The molecule has 2 aliphatic heterocycles. The van der Waals surface area contributed by atoms with Crippen LogP contribution in [0.3, 0.4) is 0 Å². The highest BCUT2D eigenvalue weighted by Gasteiger charge is 2.43. The SMILES string of the molecule is COc1ccc([C@H]2C[C@H](NS(=O)(=O)C3CCOCC3)C[C@@H]2C(=O)N2CCN(C)CC2)cc1. The summed E-state index contributed by atoms with van der Waals surface area (Å²) in [4.78, 5) is 17.7. The Morgan fingerprint density at radius 2 is 1.72 bits per heavy atom. The number of likely N-dealkylation sites (N-methyl/N-ethyl adjacent to an activating group) is 1. The Balaban J connectivity index is 1.52. The molecule has 0 bridgehead atoms. The van der Waals surface area contributed by atoms with Gasteiger partial charge in [-0.1, -0.05) is 12.1 Å². The maximum Gasteiger partial charge on any atom is 0.226 e. The molecule has 32 heavy (non-hydrogen) atoms. The number of nitrogens with zero attached hydrogens (tertiary/aromatic N) is 2. The number of sulfonamides is 1. The summed E-state index contributed by atoms with van der Waals surface area (Å²) < 4.78 is 39.6. The van der Waals surface area contributed by atoms with Crippen molar-refractivity contribution in [3.8, 4) is 5.75 Å². The van der Waals surface area contributed by atoms with Crippen LogP contribution in [0.4, 0.5) is 0 Å². The van der Waals surface area contributed by atoms with E-state index in [0.29, 0.717) is 38.9 Å². The van der Waals surface area contributed by atoms with E-state index < -0.39 is 15.3 Å². The highest BCUT2D eigenvalue weighted by atomic mass is 32.2. The number of benzene rings is 1. The van der Waals surface area contributed by atoms with Crippen LogP contribution in [-0.4, -0.2) is 89.0 Å². The van der Waals surface area contributed by atoms with Crippen LogP contribution in [0.5, 0.6) is 5.75 Å². The topological polar surface area (TPSA) is 88.2 Å². The third-order valence-electron chi connectivity index (χ3n) is 7.18. The molecule has 3 atom stereocenters. The van der Waals surface area contributed by atoms with Crippen molar-refractivity contribution in [2.45, 2.75) is 42.9 Å². The zero-order valence-corrected chi connectivity index (χ0v) is 19.9. The second-order valence-corrected chi connectivity index (χ2v) is 11.3. The first-order valence-corrected chi connectivity index (χ1v) is 13.1. The van der Waals surface area contributed by atoms with Crippen LogP contribution in [0.25, 0.3) is 0 Å². The maximum absolute atomic E-state index is 13.5.